The molecule has 0 bridgehead atoms. The minimum atomic E-state index is -0.203. The molecular formula is C10H14BrFS. The lowest BCUT2D eigenvalue weighted by Gasteiger charge is -1.98. The summed E-state index contributed by atoms with van der Waals surface area (Å²) in [4.78, 5) is 1.10. The molecule has 13 heavy (non-hydrogen) atoms. The second-order valence-electron chi connectivity index (χ2n) is 2.01. The molecule has 74 valence electrons. The van der Waals surface area contributed by atoms with Crippen LogP contribution in [0.2, 0.25) is 0 Å². The minimum absolute atomic E-state index is 0.203. The maximum absolute atomic E-state index is 12.7. The number of benzene rings is 1. The molecule has 0 fully saturated rings. The molecule has 0 atom stereocenters. The van der Waals surface area contributed by atoms with Crippen molar-refractivity contribution in [3.63, 3.8) is 0 Å². The SMILES string of the molecule is CC.CCSc1ccc(F)c(Br)c1. The summed E-state index contributed by atoms with van der Waals surface area (Å²) in [6, 6.07) is 5.06. The van der Waals surface area contributed by atoms with Crippen LogP contribution in [0.4, 0.5) is 4.39 Å². The van der Waals surface area contributed by atoms with Gasteiger partial charge in [-0.25, -0.2) is 4.39 Å². The number of thioether (sulfide) groups is 1. The van der Waals surface area contributed by atoms with E-state index in [0.29, 0.717) is 4.47 Å². The van der Waals surface area contributed by atoms with E-state index < -0.39 is 0 Å². The van der Waals surface area contributed by atoms with E-state index in [-0.39, 0.29) is 5.82 Å². The Labute approximate surface area is 92.1 Å². The van der Waals surface area contributed by atoms with Crippen molar-refractivity contribution in [2.45, 2.75) is 25.7 Å². The Hall–Kier alpha value is -0.0200. The highest BCUT2D eigenvalue weighted by Crippen LogP contribution is 2.23. The molecule has 0 nitrogen and oxygen atoms in total. The summed E-state index contributed by atoms with van der Waals surface area (Å²) in [6.45, 7) is 6.07. The van der Waals surface area contributed by atoms with E-state index in [4.69, 9.17) is 0 Å². The van der Waals surface area contributed by atoms with Gasteiger partial charge in [-0.05, 0) is 39.9 Å². The summed E-state index contributed by atoms with van der Waals surface area (Å²) in [5.41, 5.74) is 0. The Morgan fingerprint density at radius 1 is 1.38 bits per heavy atom. The summed E-state index contributed by atoms with van der Waals surface area (Å²) < 4.78 is 13.2. The van der Waals surface area contributed by atoms with Crippen LogP contribution in [-0.2, 0) is 0 Å². The molecule has 1 rings (SSSR count). The van der Waals surface area contributed by atoms with Crippen molar-refractivity contribution in [1.82, 2.24) is 0 Å². The van der Waals surface area contributed by atoms with Crippen LogP contribution in [0, 0.1) is 5.82 Å². The Morgan fingerprint density at radius 3 is 2.46 bits per heavy atom. The molecule has 0 saturated heterocycles. The van der Waals surface area contributed by atoms with Crippen molar-refractivity contribution in [1.29, 1.82) is 0 Å². The third-order valence-corrected chi connectivity index (χ3v) is 2.69. The zero-order valence-electron chi connectivity index (χ0n) is 8.10. The fourth-order valence-corrected chi connectivity index (χ4v) is 1.96. The van der Waals surface area contributed by atoms with Crippen LogP contribution >= 0.6 is 27.7 Å². The van der Waals surface area contributed by atoms with Crippen LogP contribution in [0.25, 0.3) is 0 Å². The van der Waals surface area contributed by atoms with Gasteiger partial charge in [0.1, 0.15) is 5.82 Å². The summed E-state index contributed by atoms with van der Waals surface area (Å²) in [7, 11) is 0. The molecule has 0 aromatic heterocycles. The standard InChI is InChI=1S/C8H8BrFS.C2H6/c1-2-11-6-3-4-8(10)7(9)5-6;1-2/h3-5H,2H2,1H3;1-2H3. The monoisotopic (exact) mass is 264 g/mol. The van der Waals surface area contributed by atoms with Crippen LogP contribution in [-0.4, -0.2) is 5.75 Å². The summed E-state index contributed by atoms with van der Waals surface area (Å²) in [5.74, 6) is 0.809. The molecule has 0 aliphatic carbocycles. The highest BCUT2D eigenvalue weighted by Gasteiger charge is 1.98. The van der Waals surface area contributed by atoms with E-state index in [9.17, 15) is 4.39 Å². The fraction of sp³-hybridized carbons (Fsp3) is 0.400. The van der Waals surface area contributed by atoms with Gasteiger partial charge in [-0.1, -0.05) is 20.8 Å². The van der Waals surface area contributed by atoms with Crippen molar-refractivity contribution in [3.05, 3.63) is 28.5 Å². The topological polar surface area (TPSA) is 0 Å². The van der Waals surface area contributed by atoms with Crippen molar-refractivity contribution < 1.29 is 4.39 Å². The Morgan fingerprint density at radius 2 is 2.00 bits per heavy atom. The van der Waals surface area contributed by atoms with Crippen molar-refractivity contribution in [2.75, 3.05) is 5.75 Å². The van der Waals surface area contributed by atoms with Gasteiger partial charge in [-0.2, -0.15) is 0 Å². The van der Waals surface area contributed by atoms with Crippen LogP contribution in [0.5, 0.6) is 0 Å². The molecule has 3 heteroatoms. The van der Waals surface area contributed by atoms with E-state index in [1.807, 2.05) is 13.8 Å². The van der Waals surface area contributed by atoms with Gasteiger partial charge in [-0.3, -0.25) is 0 Å². The molecule has 0 aliphatic heterocycles. The van der Waals surface area contributed by atoms with E-state index in [0.717, 1.165) is 10.6 Å². The van der Waals surface area contributed by atoms with Gasteiger partial charge >= 0.3 is 0 Å². The Balaban J connectivity index is 0.000000671. The first-order valence-electron chi connectivity index (χ1n) is 4.32. The third kappa shape index (κ3) is 4.67. The van der Waals surface area contributed by atoms with Crippen molar-refractivity contribution >= 4 is 27.7 Å². The van der Waals surface area contributed by atoms with Crippen LogP contribution in [0.15, 0.2) is 27.6 Å². The lowest BCUT2D eigenvalue weighted by atomic mass is 10.3. The van der Waals surface area contributed by atoms with Gasteiger partial charge in [0.2, 0.25) is 0 Å². The van der Waals surface area contributed by atoms with Gasteiger partial charge in [0, 0.05) is 4.90 Å². The molecule has 0 amide bonds. The number of hydrogen-bond donors (Lipinski definition) is 0. The number of hydrogen-bond acceptors (Lipinski definition) is 1. The van der Waals surface area contributed by atoms with Gasteiger partial charge in [0.05, 0.1) is 4.47 Å². The summed E-state index contributed by atoms with van der Waals surface area (Å²) >= 11 is 4.83. The quantitative estimate of drug-likeness (QED) is 0.697. The summed E-state index contributed by atoms with van der Waals surface area (Å²) in [5, 5.41) is 0. The van der Waals surface area contributed by atoms with E-state index in [1.54, 1.807) is 23.9 Å². The molecule has 1 aromatic rings. The molecule has 1 aromatic carbocycles. The first-order chi connectivity index (χ1) is 6.24. The molecule has 0 radical (unpaired) electrons. The van der Waals surface area contributed by atoms with Gasteiger partial charge in [0.15, 0.2) is 0 Å². The van der Waals surface area contributed by atoms with Crippen molar-refractivity contribution in [3.8, 4) is 0 Å². The zero-order valence-corrected chi connectivity index (χ0v) is 10.5. The zero-order chi connectivity index (χ0) is 10.3. The third-order valence-electron chi connectivity index (χ3n) is 1.20. The maximum atomic E-state index is 12.7. The predicted molar refractivity (Wildman–Crippen MR) is 61.8 cm³/mol. The van der Waals surface area contributed by atoms with Crippen LogP contribution in [0.3, 0.4) is 0 Å². The van der Waals surface area contributed by atoms with Crippen LogP contribution < -0.4 is 0 Å². The molecule has 0 N–H and O–H groups in total. The predicted octanol–water partition coefficient (Wildman–Crippen LogP) is 4.73. The summed E-state index contributed by atoms with van der Waals surface area (Å²) in [6.07, 6.45) is 0. The molecule has 0 heterocycles. The average Bonchev–Trinajstić information content (AvgIpc) is 2.15. The first kappa shape index (κ1) is 13.0. The second kappa shape index (κ2) is 7.39. The largest absolute Gasteiger partial charge is 0.206 e. The van der Waals surface area contributed by atoms with Gasteiger partial charge in [0.25, 0.3) is 0 Å². The highest BCUT2D eigenvalue weighted by atomic mass is 79.9. The average molecular weight is 265 g/mol. The van der Waals surface area contributed by atoms with Crippen LogP contribution in [0.1, 0.15) is 20.8 Å². The minimum Gasteiger partial charge on any atom is -0.206 e. The molecule has 0 saturated carbocycles. The smallest absolute Gasteiger partial charge is 0.137 e. The highest BCUT2D eigenvalue weighted by molar-refractivity contribution is 9.10. The Bertz CT molecular complexity index is 251. The number of rotatable bonds is 2. The Kier molecular flexibility index (Phi) is 7.38. The fourth-order valence-electron chi connectivity index (χ4n) is 0.733. The molecule has 0 unspecified atom stereocenters. The van der Waals surface area contributed by atoms with Gasteiger partial charge in [-0.15, -0.1) is 11.8 Å². The van der Waals surface area contributed by atoms with Crippen molar-refractivity contribution in [2.24, 2.45) is 0 Å². The van der Waals surface area contributed by atoms with E-state index >= 15 is 0 Å². The molecule has 0 spiro atoms. The molecular weight excluding hydrogens is 251 g/mol. The lowest BCUT2D eigenvalue weighted by molar-refractivity contribution is 0.619. The number of halogens is 2. The van der Waals surface area contributed by atoms with Gasteiger partial charge < -0.3 is 0 Å². The molecule has 0 aliphatic rings. The van der Waals surface area contributed by atoms with E-state index in [2.05, 4.69) is 22.9 Å². The second-order valence-corrected chi connectivity index (χ2v) is 4.20. The normalized spacial score (nSPS) is 9.00. The first-order valence-corrected chi connectivity index (χ1v) is 6.09. The lowest BCUT2D eigenvalue weighted by Crippen LogP contribution is -1.78. The van der Waals surface area contributed by atoms with E-state index in [1.165, 1.54) is 6.07 Å². The maximum Gasteiger partial charge on any atom is 0.137 e.